The summed E-state index contributed by atoms with van der Waals surface area (Å²) in [6, 6.07) is -5.79. The molecule has 392 valence electrons. The number of phenolic OH excluding ortho intramolecular Hbond substituents is 1. The zero-order valence-corrected chi connectivity index (χ0v) is 42.2. The number of aliphatic carboxylic acids is 1. The number of nitrogens with zero attached hydrogens (tertiary/aromatic N) is 1. The third-order valence-corrected chi connectivity index (χ3v) is 12.1. The van der Waals surface area contributed by atoms with Gasteiger partial charge in [-0.1, -0.05) is 53.7 Å². The van der Waals surface area contributed by atoms with Crippen molar-refractivity contribution >= 4 is 70.9 Å². The second-order valence-corrected chi connectivity index (χ2v) is 19.7. The fourth-order valence-corrected chi connectivity index (χ4v) is 7.95. The molecule has 0 unspecified atom stereocenters. The lowest BCUT2D eigenvalue weighted by Gasteiger charge is -2.32. The smallest absolute Gasteiger partial charge is 0.326 e. The van der Waals surface area contributed by atoms with Gasteiger partial charge in [0.05, 0.1) is 18.6 Å². The number of carbonyl (C=O) groups is 10. The van der Waals surface area contributed by atoms with Crippen LogP contribution in [0.15, 0.2) is 24.3 Å². The molecule has 1 aromatic carbocycles. The van der Waals surface area contributed by atoms with E-state index in [4.69, 9.17) is 11.5 Å². The molecule has 9 amide bonds. The zero-order valence-electron chi connectivity index (χ0n) is 41.4. The predicted molar refractivity (Wildman–Crippen MR) is 259 cm³/mol. The summed E-state index contributed by atoms with van der Waals surface area (Å²) >= 11 is 1.38. The van der Waals surface area contributed by atoms with E-state index < -0.39 is 138 Å². The number of aromatic hydroxyl groups is 1. The Bertz CT molecular complexity index is 2000. The highest BCUT2D eigenvalue weighted by atomic mass is 32.2. The van der Waals surface area contributed by atoms with Crippen LogP contribution in [0.2, 0.25) is 0 Å². The number of phenols is 1. The lowest BCUT2D eigenvalue weighted by molar-refractivity contribution is -0.144. The largest absolute Gasteiger partial charge is 0.508 e. The Morgan fingerprint density at radius 2 is 1.24 bits per heavy atom. The van der Waals surface area contributed by atoms with Gasteiger partial charge in [-0.15, -0.1) is 0 Å². The number of aliphatic hydroxyl groups excluding tert-OH is 1. The summed E-state index contributed by atoms with van der Waals surface area (Å²) in [7, 11) is 0. The number of benzene rings is 1. The van der Waals surface area contributed by atoms with Crippen LogP contribution in [0.5, 0.6) is 5.75 Å². The molecule has 1 aliphatic heterocycles. The Kier molecular flexibility index (Phi) is 24.6. The van der Waals surface area contributed by atoms with Gasteiger partial charge in [-0.2, -0.15) is 11.8 Å². The van der Waals surface area contributed by atoms with E-state index in [0.29, 0.717) is 17.7 Å². The molecule has 0 aliphatic carbocycles. The summed E-state index contributed by atoms with van der Waals surface area (Å²) < 4.78 is 0. The van der Waals surface area contributed by atoms with Crippen LogP contribution in [-0.4, -0.2) is 158 Å². The number of carboxylic acid groups (broad SMARTS) is 1. The molecule has 1 aliphatic rings. The number of carboxylic acids is 1. The Hall–Kier alpha value is -6.01. The van der Waals surface area contributed by atoms with Crippen molar-refractivity contribution in [3.63, 3.8) is 0 Å². The average Bonchev–Trinajstić information content (AvgIpc) is 3.77. The highest BCUT2D eigenvalue weighted by Crippen LogP contribution is 2.22. The van der Waals surface area contributed by atoms with Crippen molar-refractivity contribution < 1.29 is 63.3 Å². The first-order valence-corrected chi connectivity index (χ1v) is 24.7. The number of primary amides is 1. The van der Waals surface area contributed by atoms with Gasteiger partial charge in [0, 0.05) is 13.0 Å². The summed E-state index contributed by atoms with van der Waals surface area (Å²) in [5.74, 6) is -9.17. The lowest BCUT2D eigenvalue weighted by Crippen LogP contribution is -2.61. The molecule has 0 radical (unpaired) electrons. The van der Waals surface area contributed by atoms with Crippen LogP contribution in [0.1, 0.15) is 93.1 Å². The van der Waals surface area contributed by atoms with Crippen molar-refractivity contribution in [3.05, 3.63) is 29.8 Å². The molecule has 0 saturated carbocycles. The van der Waals surface area contributed by atoms with Crippen LogP contribution < -0.4 is 48.7 Å². The zero-order chi connectivity index (χ0) is 53.2. The molecule has 1 aromatic rings. The van der Waals surface area contributed by atoms with Gasteiger partial charge in [-0.05, 0) is 87.0 Å². The quantitative estimate of drug-likeness (QED) is 0.0437. The number of nitrogens with two attached hydrogens (primary N) is 2. The van der Waals surface area contributed by atoms with Crippen molar-refractivity contribution in [2.45, 2.75) is 154 Å². The first-order chi connectivity index (χ1) is 32.7. The minimum atomic E-state index is -1.61. The second-order valence-electron chi connectivity index (χ2n) is 18.7. The summed E-state index contributed by atoms with van der Waals surface area (Å²) in [4.78, 5) is 134. The van der Waals surface area contributed by atoms with Gasteiger partial charge in [0.1, 0.15) is 54.1 Å². The molecule has 2 rings (SSSR count). The highest BCUT2D eigenvalue weighted by Gasteiger charge is 2.41. The van der Waals surface area contributed by atoms with Crippen LogP contribution in [0.3, 0.4) is 0 Å². The van der Waals surface area contributed by atoms with Gasteiger partial charge in [-0.25, -0.2) is 4.79 Å². The van der Waals surface area contributed by atoms with E-state index in [-0.39, 0.29) is 43.9 Å². The standard InChI is InChI=1S/C46H74N10O13S/c1-22(2)19-31(51-39(61)29(47)21-34(48)59)42(64)53-35(23(3)4)45(67)56-17-10-11-33(56)43(65)50-30(16-18-70-9)40(62)52-32(20-27-12-14-28(58)15-13-27)41(63)49-25(7)38(60)55-37(26(8)57)44(66)54-36(24(5)6)46(68)69/h12-15,22-26,29-33,35-37,57-58H,10-11,16-21,47H2,1-9H3,(H2,48,59)(H,49,63)(H,50,65)(H,51,61)(H,52,62)(H,53,64)(H,54,66)(H,55,60)(H,68,69)/t25-,26+,29-,30-,31-,32-,33-,35-,36-,37-/m0/s1. The van der Waals surface area contributed by atoms with Gasteiger partial charge in [0.25, 0.3) is 0 Å². The van der Waals surface area contributed by atoms with Crippen LogP contribution >= 0.6 is 11.8 Å². The predicted octanol–water partition coefficient (Wildman–Crippen LogP) is -1.88. The van der Waals surface area contributed by atoms with Gasteiger partial charge in [-0.3, -0.25) is 43.2 Å². The minimum absolute atomic E-state index is 0.0667. The number of carbonyl (C=O) groups excluding carboxylic acids is 9. The van der Waals surface area contributed by atoms with E-state index in [1.54, 1.807) is 34.0 Å². The molecular weight excluding hydrogens is 933 g/mol. The molecular formula is C46H74N10O13S. The molecule has 0 aromatic heterocycles. The molecule has 10 atom stereocenters. The Morgan fingerprint density at radius 3 is 1.77 bits per heavy atom. The first kappa shape index (κ1) is 60.1. The third kappa shape index (κ3) is 19.1. The van der Waals surface area contributed by atoms with Crippen molar-refractivity contribution in [2.75, 3.05) is 18.6 Å². The molecule has 1 fully saturated rings. The van der Waals surface area contributed by atoms with Gasteiger partial charge in [0.2, 0.25) is 53.2 Å². The van der Waals surface area contributed by atoms with E-state index >= 15 is 0 Å². The summed E-state index contributed by atoms with van der Waals surface area (Å²) in [6.07, 6.45) is 0.593. The van der Waals surface area contributed by atoms with Crippen LogP contribution in [-0.2, 0) is 54.4 Å². The number of hydrogen-bond acceptors (Lipinski definition) is 14. The van der Waals surface area contributed by atoms with Crippen molar-refractivity contribution in [1.82, 2.24) is 42.1 Å². The third-order valence-electron chi connectivity index (χ3n) is 11.5. The number of amides is 9. The molecule has 1 heterocycles. The van der Waals surface area contributed by atoms with Crippen LogP contribution in [0.25, 0.3) is 0 Å². The summed E-state index contributed by atoms with van der Waals surface area (Å²) in [5.41, 5.74) is 11.5. The summed E-state index contributed by atoms with van der Waals surface area (Å²) in [6.45, 7) is 12.8. The number of thioether (sulfide) groups is 1. The van der Waals surface area contributed by atoms with Crippen LogP contribution in [0, 0.1) is 17.8 Å². The molecule has 0 bridgehead atoms. The number of nitrogens with one attached hydrogen (secondary N) is 7. The van der Waals surface area contributed by atoms with E-state index in [9.17, 15) is 63.3 Å². The Morgan fingerprint density at radius 1 is 0.700 bits per heavy atom. The van der Waals surface area contributed by atoms with Crippen LogP contribution in [0.4, 0.5) is 0 Å². The number of hydrogen-bond donors (Lipinski definition) is 12. The monoisotopic (exact) mass is 1010 g/mol. The van der Waals surface area contributed by atoms with Crippen molar-refractivity contribution in [3.8, 4) is 5.75 Å². The number of aliphatic hydroxyl groups is 1. The Balaban J connectivity index is 2.34. The molecule has 1 saturated heterocycles. The van der Waals surface area contributed by atoms with E-state index in [1.807, 2.05) is 13.8 Å². The van der Waals surface area contributed by atoms with Crippen molar-refractivity contribution in [2.24, 2.45) is 29.2 Å². The van der Waals surface area contributed by atoms with Gasteiger partial charge < -0.3 is 68.9 Å². The molecule has 24 heteroatoms. The maximum atomic E-state index is 14.2. The molecule has 14 N–H and O–H groups in total. The number of rotatable bonds is 28. The van der Waals surface area contributed by atoms with Gasteiger partial charge >= 0.3 is 5.97 Å². The highest BCUT2D eigenvalue weighted by molar-refractivity contribution is 7.98. The maximum Gasteiger partial charge on any atom is 0.326 e. The average molecular weight is 1010 g/mol. The SMILES string of the molecule is CSCC[C@H](NC(=O)[C@@H]1CCCN1C(=O)[C@@H](NC(=O)[C@H](CC(C)C)NC(=O)[C@@H](N)CC(N)=O)C(C)C)C(=O)N[C@@H](Cc1ccc(O)cc1)C(=O)N[C@@H](C)C(=O)N[C@H](C(=O)N[C@H](C(=O)O)C(C)C)[C@@H](C)O. The Labute approximate surface area is 412 Å². The topological polar surface area (TPSA) is 371 Å². The molecule has 0 spiro atoms. The summed E-state index contributed by atoms with van der Waals surface area (Å²) in [5, 5.41) is 47.6. The van der Waals surface area contributed by atoms with Crippen molar-refractivity contribution in [1.29, 1.82) is 0 Å². The van der Waals surface area contributed by atoms with E-state index in [0.717, 1.165) is 0 Å². The van der Waals surface area contributed by atoms with E-state index in [2.05, 4.69) is 37.2 Å². The molecule has 23 nitrogen and oxygen atoms in total. The fraction of sp³-hybridized carbons (Fsp3) is 0.652. The maximum absolute atomic E-state index is 14.2. The molecule has 70 heavy (non-hydrogen) atoms. The second kappa shape index (κ2) is 28.6. The van der Waals surface area contributed by atoms with E-state index in [1.165, 1.54) is 54.8 Å². The fourth-order valence-electron chi connectivity index (χ4n) is 7.48. The number of likely N-dealkylation sites (tertiary alicyclic amines) is 1. The normalized spacial score (nSPS) is 17.4. The lowest BCUT2D eigenvalue weighted by atomic mass is 9.99. The minimum Gasteiger partial charge on any atom is -0.508 e. The first-order valence-electron chi connectivity index (χ1n) is 23.3. The van der Waals surface area contributed by atoms with Gasteiger partial charge in [0.15, 0.2) is 0 Å².